The van der Waals surface area contributed by atoms with Crippen molar-refractivity contribution in [2.45, 2.75) is 6.54 Å². The van der Waals surface area contributed by atoms with Crippen molar-refractivity contribution in [2.75, 3.05) is 0 Å². The van der Waals surface area contributed by atoms with E-state index in [9.17, 15) is 9.18 Å². The maximum absolute atomic E-state index is 12.9. The van der Waals surface area contributed by atoms with Crippen LogP contribution in [0.4, 0.5) is 4.39 Å². The van der Waals surface area contributed by atoms with Crippen molar-refractivity contribution in [1.29, 1.82) is 0 Å². The molecule has 0 aliphatic carbocycles. The number of carbonyl (C=O) groups is 1. The predicted molar refractivity (Wildman–Crippen MR) is 77.2 cm³/mol. The summed E-state index contributed by atoms with van der Waals surface area (Å²) in [6.45, 7) is 0.210. The number of benzene rings is 1. The lowest BCUT2D eigenvalue weighted by Crippen LogP contribution is -2.23. The summed E-state index contributed by atoms with van der Waals surface area (Å²) < 4.78 is 12.9. The van der Waals surface area contributed by atoms with E-state index in [0.717, 1.165) is 0 Å². The lowest BCUT2D eigenvalue weighted by atomic mass is 10.2. The third kappa shape index (κ3) is 3.14. The van der Waals surface area contributed by atoms with Crippen molar-refractivity contribution in [3.63, 3.8) is 0 Å². The monoisotopic (exact) mass is 297 g/mol. The fourth-order valence-corrected chi connectivity index (χ4v) is 1.87. The van der Waals surface area contributed by atoms with E-state index in [0.29, 0.717) is 22.8 Å². The quantitative estimate of drug-likeness (QED) is 0.771. The van der Waals surface area contributed by atoms with E-state index in [-0.39, 0.29) is 18.3 Å². The molecule has 0 radical (unpaired) electrons. The van der Waals surface area contributed by atoms with Gasteiger partial charge < -0.3 is 5.32 Å². The van der Waals surface area contributed by atoms with Crippen LogP contribution in [0.25, 0.3) is 11.4 Å². The van der Waals surface area contributed by atoms with Gasteiger partial charge in [-0.25, -0.2) is 9.37 Å². The Morgan fingerprint density at radius 2 is 2.05 bits per heavy atom. The molecule has 3 aromatic rings. The molecule has 0 aliphatic rings. The summed E-state index contributed by atoms with van der Waals surface area (Å²) in [6.07, 6.45) is 3.09. The van der Waals surface area contributed by atoms with Gasteiger partial charge in [-0.1, -0.05) is 0 Å². The fraction of sp³-hybridized carbons (Fsp3) is 0.0667. The average Bonchev–Trinajstić information content (AvgIpc) is 3.03. The van der Waals surface area contributed by atoms with E-state index in [2.05, 4.69) is 25.5 Å². The average molecular weight is 297 g/mol. The van der Waals surface area contributed by atoms with Crippen LogP contribution < -0.4 is 5.32 Å². The summed E-state index contributed by atoms with van der Waals surface area (Å²) in [6, 6.07) is 9.24. The van der Waals surface area contributed by atoms with Crippen LogP contribution in [0.3, 0.4) is 0 Å². The van der Waals surface area contributed by atoms with Gasteiger partial charge >= 0.3 is 0 Å². The minimum Gasteiger partial charge on any atom is -0.345 e. The number of rotatable bonds is 4. The van der Waals surface area contributed by atoms with Crippen LogP contribution in [0.5, 0.6) is 0 Å². The number of nitrogens with zero attached hydrogens (tertiary/aromatic N) is 3. The maximum atomic E-state index is 12.9. The molecular formula is C15H12FN5O. The molecule has 6 nitrogen and oxygen atoms in total. The van der Waals surface area contributed by atoms with E-state index >= 15 is 0 Å². The molecule has 2 aromatic heterocycles. The van der Waals surface area contributed by atoms with Crippen molar-refractivity contribution in [1.82, 2.24) is 25.5 Å². The first-order valence-electron chi connectivity index (χ1n) is 6.58. The second-order valence-electron chi connectivity index (χ2n) is 4.54. The Kier molecular flexibility index (Phi) is 3.86. The van der Waals surface area contributed by atoms with Crippen LogP contribution in [0.1, 0.15) is 16.2 Å². The molecule has 3 rings (SSSR count). The summed E-state index contributed by atoms with van der Waals surface area (Å²) in [5.74, 6) is 0.401. The van der Waals surface area contributed by atoms with Crippen LogP contribution in [0, 0.1) is 5.82 Å². The number of aromatic nitrogens is 4. The highest BCUT2D eigenvalue weighted by atomic mass is 19.1. The van der Waals surface area contributed by atoms with Gasteiger partial charge in [0.2, 0.25) is 0 Å². The second kappa shape index (κ2) is 6.13. The Hall–Kier alpha value is -3.09. The summed E-state index contributed by atoms with van der Waals surface area (Å²) in [5.41, 5.74) is 1.17. The summed E-state index contributed by atoms with van der Waals surface area (Å²) in [7, 11) is 0. The molecule has 110 valence electrons. The number of halogens is 1. The number of H-pyrrole nitrogens is 1. The first-order chi connectivity index (χ1) is 10.7. The third-order valence-corrected chi connectivity index (χ3v) is 2.97. The molecule has 1 amide bonds. The zero-order chi connectivity index (χ0) is 15.4. The van der Waals surface area contributed by atoms with Crippen LogP contribution >= 0.6 is 0 Å². The molecule has 0 aliphatic heterocycles. The maximum Gasteiger partial charge on any atom is 0.253 e. The zero-order valence-electron chi connectivity index (χ0n) is 11.5. The Morgan fingerprint density at radius 1 is 1.23 bits per heavy atom. The van der Waals surface area contributed by atoms with Crippen LogP contribution in [0.15, 0.2) is 48.8 Å². The number of pyridine rings is 1. The van der Waals surface area contributed by atoms with Crippen molar-refractivity contribution in [2.24, 2.45) is 0 Å². The molecule has 0 spiro atoms. The molecule has 0 saturated heterocycles. The van der Waals surface area contributed by atoms with Crippen molar-refractivity contribution < 1.29 is 9.18 Å². The standard InChI is InChI=1S/C15H12FN5O/c16-12-5-3-10(4-6-12)14-19-13(20-21-14)9-18-15(22)11-2-1-7-17-8-11/h1-8H,9H2,(H,18,22)(H,19,20,21). The van der Waals surface area contributed by atoms with Gasteiger partial charge in [0.05, 0.1) is 12.1 Å². The first-order valence-corrected chi connectivity index (χ1v) is 6.58. The zero-order valence-corrected chi connectivity index (χ0v) is 11.5. The number of carbonyl (C=O) groups excluding carboxylic acids is 1. The highest BCUT2D eigenvalue weighted by Gasteiger charge is 2.09. The van der Waals surface area contributed by atoms with Gasteiger partial charge in [-0.05, 0) is 36.4 Å². The van der Waals surface area contributed by atoms with E-state index in [1.54, 1.807) is 30.5 Å². The molecule has 22 heavy (non-hydrogen) atoms. The molecule has 0 fully saturated rings. The number of hydrogen-bond acceptors (Lipinski definition) is 4. The number of hydrogen-bond donors (Lipinski definition) is 2. The number of amides is 1. The minimum atomic E-state index is -0.316. The second-order valence-corrected chi connectivity index (χ2v) is 4.54. The Balaban J connectivity index is 1.65. The lowest BCUT2D eigenvalue weighted by molar-refractivity contribution is 0.0949. The predicted octanol–water partition coefficient (Wildman–Crippen LogP) is 1.94. The molecule has 0 atom stereocenters. The molecule has 0 bridgehead atoms. The van der Waals surface area contributed by atoms with E-state index < -0.39 is 0 Å². The molecule has 0 unspecified atom stereocenters. The first kappa shape index (κ1) is 13.9. The Bertz CT molecular complexity index is 770. The highest BCUT2D eigenvalue weighted by Crippen LogP contribution is 2.14. The summed E-state index contributed by atoms with van der Waals surface area (Å²) in [4.78, 5) is 20.0. The van der Waals surface area contributed by atoms with Crippen LogP contribution in [-0.4, -0.2) is 26.1 Å². The number of nitrogens with one attached hydrogen (secondary N) is 2. The lowest BCUT2D eigenvalue weighted by Gasteiger charge is -2.01. The summed E-state index contributed by atoms with van der Waals surface area (Å²) >= 11 is 0. The Morgan fingerprint density at radius 3 is 2.77 bits per heavy atom. The van der Waals surface area contributed by atoms with Gasteiger partial charge in [-0.15, -0.1) is 0 Å². The molecular weight excluding hydrogens is 285 g/mol. The number of aromatic amines is 1. The molecule has 0 saturated carbocycles. The summed E-state index contributed by atoms with van der Waals surface area (Å²) in [5, 5.41) is 9.50. The Labute approximate surface area is 125 Å². The minimum absolute atomic E-state index is 0.210. The highest BCUT2D eigenvalue weighted by molar-refractivity contribution is 5.93. The van der Waals surface area contributed by atoms with Crippen LogP contribution in [0.2, 0.25) is 0 Å². The topological polar surface area (TPSA) is 83.6 Å². The van der Waals surface area contributed by atoms with Crippen LogP contribution in [-0.2, 0) is 6.54 Å². The van der Waals surface area contributed by atoms with Crippen molar-refractivity contribution in [3.8, 4) is 11.4 Å². The normalized spacial score (nSPS) is 10.4. The molecule has 7 heteroatoms. The van der Waals surface area contributed by atoms with E-state index in [1.807, 2.05) is 0 Å². The van der Waals surface area contributed by atoms with Gasteiger partial charge in [-0.2, -0.15) is 5.10 Å². The van der Waals surface area contributed by atoms with E-state index in [4.69, 9.17) is 0 Å². The molecule has 1 aromatic carbocycles. The van der Waals surface area contributed by atoms with Crippen molar-refractivity contribution >= 4 is 5.91 Å². The smallest absolute Gasteiger partial charge is 0.253 e. The van der Waals surface area contributed by atoms with Gasteiger partial charge in [0.1, 0.15) is 11.6 Å². The van der Waals surface area contributed by atoms with Crippen molar-refractivity contribution in [3.05, 3.63) is 66.0 Å². The van der Waals surface area contributed by atoms with Gasteiger partial charge in [0, 0.05) is 18.0 Å². The largest absolute Gasteiger partial charge is 0.345 e. The fourth-order valence-electron chi connectivity index (χ4n) is 1.87. The SMILES string of the molecule is O=C(NCc1nc(-c2ccc(F)cc2)n[nH]1)c1cccnc1. The van der Waals surface area contributed by atoms with E-state index in [1.165, 1.54) is 18.3 Å². The molecule has 2 heterocycles. The third-order valence-electron chi connectivity index (χ3n) is 2.97. The van der Waals surface area contributed by atoms with Gasteiger partial charge in [-0.3, -0.25) is 14.9 Å². The van der Waals surface area contributed by atoms with Gasteiger partial charge in [0.15, 0.2) is 5.82 Å². The van der Waals surface area contributed by atoms with Gasteiger partial charge in [0.25, 0.3) is 5.91 Å². The molecule has 2 N–H and O–H groups in total.